The third kappa shape index (κ3) is 2.94. The number of alkyl halides is 1. The summed E-state index contributed by atoms with van der Waals surface area (Å²) in [6.45, 7) is 2.35. The molecule has 0 aliphatic carbocycles. The molecule has 0 heterocycles. The van der Waals surface area contributed by atoms with Crippen molar-refractivity contribution in [2.45, 2.75) is 6.92 Å². The Balaban J connectivity index is 2.94. The molecule has 1 atom stereocenters. The van der Waals surface area contributed by atoms with Crippen LogP contribution in [0.4, 0.5) is 0 Å². The van der Waals surface area contributed by atoms with Crippen LogP contribution < -0.4 is 5.30 Å². The lowest BCUT2D eigenvalue weighted by Crippen LogP contribution is -2.10. The quantitative estimate of drug-likeness (QED) is 0.611. The Morgan fingerprint density at radius 3 is 2.50 bits per heavy atom. The van der Waals surface area contributed by atoms with Crippen LogP contribution in [0.25, 0.3) is 0 Å². The first-order valence-corrected chi connectivity index (χ1v) is 7.51. The first-order valence-electron chi connectivity index (χ1n) is 4.58. The zero-order valence-corrected chi connectivity index (χ0v) is 10.6. The topological polar surface area (TPSA) is 26.3 Å². The van der Waals surface area contributed by atoms with Gasteiger partial charge in [-0.3, -0.25) is 4.57 Å². The Morgan fingerprint density at radius 1 is 1.36 bits per heavy atom. The van der Waals surface area contributed by atoms with E-state index >= 15 is 0 Å². The van der Waals surface area contributed by atoms with Gasteiger partial charge in [-0.1, -0.05) is 34.1 Å². The summed E-state index contributed by atoms with van der Waals surface area (Å²) in [5.41, 5.74) is 0. The average molecular weight is 277 g/mol. The molecule has 0 saturated heterocycles. The van der Waals surface area contributed by atoms with Crippen LogP contribution in [0.15, 0.2) is 30.3 Å². The predicted octanol–water partition coefficient (Wildman–Crippen LogP) is 3.02. The van der Waals surface area contributed by atoms with Crippen LogP contribution in [-0.4, -0.2) is 18.1 Å². The van der Waals surface area contributed by atoms with Crippen molar-refractivity contribution >= 4 is 28.6 Å². The molecule has 1 aromatic rings. The van der Waals surface area contributed by atoms with Gasteiger partial charge in [-0.25, -0.2) is 0 Å². The number of halogens is 1. The fraction of sp³-hybridized carbons (Fsp3) is 0.400. The molecule has 1 unspecified atom stereocenters. The molecule has 0 saturated carbocycles. The van der Waals surface area contributed by atoms with Crippen LogP contribution >= 0.6 is 23.3 Å². The molecular formula is C10H14BrO2P. The molecule has 0 fully saturated rings. The lowest BCUT2D eigenvalue weighted by molar-refractivity contribution is 0.342. The number of hydrogen-bond acceptors (Lipinski definition) is 2. The van der Waals surface area contributed by atoms with E-state index in [1.165, 1.54) is 0 Å². The van der Waals surface area contributed by atoms with Crippen LogP contribution in [0, 0.1) is 0 Å². The largest absolute Gasteiger partial charge is 0.326 e. The first kappa shape index (κ1) is 12.0. The van der Waals surface area contributed by atoms with Gasteiger partial charge in [0.05, 0.1) is 6.61 Å². The van der Waals surface area contributed by atoms with E-state index in [1.807, 2.05) is 37.3 Å². The standard InChI is InChI=1S/C10H14BrO2P/c1-2-13-14(12,9-8-11)10-6-4-3-5-7-10/h3-7H,2,8-9H2,1H3. The average Bonchev–Trinajstić information content (AvgIpc) is 2.20. The molecule has 0 bridgehead atoms. The Hall–Kier alpha value is -0.110. The molecule has 14 heavy (non-hydrogen) atoms. The van der Waals surface area contributed by atoms with Gasteiger partial charge in [0.25, 0.3) is 0 Å². The second kappa shape index (κ2) is 5.69. The maximum atomic E-state index is 12.4. The minimum Gasteiger partial charge on any atom is -0.326 e. The second-order valence-electron chi connectivity index (χ2n) is 2.84. The van der Waals surface area contributed by atoms with Gasteiger partial charge in [0.15, 0.2) is 0 Å². The van der Waals surface area contributed by atoms with E-state index in [0.29, 0.717) is 18.1 Å². The van der Waals surface area contributed by atoms with Gasteiger partial charge in [0.2, 0.25) is 7.37 Å². The highest BCUT2D eigenvalue weighted by atomic mass is 79.9. The molecule has 0 N–H and O–H groups in total. The number of benzene rings is 1. The van der Waals surface area contributed by atoms with E-state index in [1.54, 1.807) is 0 Å². The van der Waals surface area contributed by atoms with Gasteiger partial charge >= 0.3 is 0 Å². The Labute approximate surface area is 93.2 Å². The maximum absolute atomic E-state index is 12.4. The number of hydrogen-bond donors (Lipinski definition) is 0. The Kier molecular flexibility index (Phi) is 4.86. The van der Waals surface area contributed by atoms with Crippen molar-refractivity contribution < 1.29 is 9.09 Å². The molecule has 2 nitrogen and oxygen atoms in total. The first-order chi connectivity index (χ1) is 6.73. The van der Waals surface area contributed by atoms with Crippen LogP contribution in [0.1, 0.15) is 6.92 Å². The highest BCUT2D eigenvalue weighted by Crippen LogP contribution is 2.45. The molecule has 4 heteroatoms. The van der Waals surface area contributed by atoms with Crippen LogP contribution in [0.3, 0.4) is 0 Å². The van der Waals surface area contributed by atoms with Gasteiger partial charge in [-0.2, -0.15) is 0 Å². The van der Waals surface area contributed by atoms with Crippen molar-refractivity contribution in [2.75, 3.05) is 18.1 Å². The van der Waals surface area contributed by atoms with Crippen molar-refractivity contribution in [1.29, 1.82) is 0 Å². The monoisotopic (exact) mass is 276 g/mol. The fourth-order valence-corrected chi connectivity index (χ4v) is 4.45. The highest BCUT2D eigenvalue weighted by Gasteiger charge is 2.23. The van der Waals surface area contributed by atoms with E-state index in [2.05, 4.69) is 15.9 Å². The molecule has 1 rings (SSSR count). The van der Waals surface area contributed by atoms with Crippen LogP contribution in [0.5, 0.6) is 0 Å². The third-order valence-electron chi connectivity index (χ3n) is 1.87. The fourth-order valence-electron chi connectivity index (χ4n) is 1.24. The third-order valence-corrected chi connectivity index (χ3v) is 5.45. The zero-order valence-electron chi connectivity index (χ0n) is 8.15. The molecule has 0 aliphatic rings. The highest BCUT2D eigenvalue weighted by molar-refractivity contribution is 9.09. The summed E-state index contributed by atoms with van der Waals surface area (Å²) in [4.78, 5) is 0. The van der Waals surface area contributed by atoms with Gasteiger partial charge in [0, 0.05) is 16.8 Å². The van der Waals surface area contributed by atoms with E-state index in [9.17, 15) is 4.57 Å². The molecule has 0 aliphatic heterocycles. The molecule has 0 radical (unpaired) electrons. The van der Waals surface area contributed by atoms with Gasteiger partial charge in [0.1, 0.15) is 0 Å². The normalized spacial score (nSPS) is 15.0. The van der Waals surface area contributed by atoms with Crippen molar-refractivity contribution in [1.82, 2.24) is 0 Å². The van der Waals surface area contributed by atoms with E-state index < -0.39 is 7.37 Å². The molecule has 1 aromatic carbocycles. The van der Waals surface area contributed by atoms with Crippen molar-refractivity contribution in [3.63, 3.8) is 0 Å². The van der Waals surface area contributed by atoms with E-state index in [-0.39, 0.29) is 0 Å². The number of rotatable bonds is 5. The summed E-state index contributed by atoms with van der Waals surface area (Å²) in [6.07, 6.45) is 0.546. The molecule has 0 aromatic heterocycles. The summed E-state index contributed by atoms with van der Waals surface area (Å²) in [5, 5.41) is 1.50. The van der Waals surface area contributed by atoms with Gasteiger partial charge in [-0.05, 0) is 19.1 Å². The minimum absolute atomic E-state index is 0.485. The molecular weight excluding hydrogens is 263 g/mol. The van der Waals surface area contributed by atoms with Crippen LogP contribution in [-0.2, 0) is 9.09 Å². The maximum Gasteiger partial charge on any atom is 0.232 e. The van der Waals surface area contributed by atoms with Crippen molar-refractivity contribution in [3.05, 3.63) is 30.3 Å². The summed E-state index contributed by atoms with van der Waals surface area (Å²) < 4.78 is 17.7. The Morgan fingerprint density at radius 2 is 2.00 bits per heavy atom. The van der Waals surface area contributed by atoms with Gasteiger partial charge < -0.3 is 4.52 Å². The SMILES string of the molecule is CCOP(=O)(CCBr)c1ccccc1. The zero-order chi connectivity index (χ0) is 10.4. The molecule has 0 amide bonds. The van der Waals surface area contributed by atoms with E-state index in [0.717, 1.165) is 5.30 Å². The summed E-state index contributed by atoms with van der Waals surface area (Å²) in [7, 11) is -2.62. The lowest BCUT2D eigenvalue weighted by Gasteiger charge is -2.16. The smallest absolute Gasteiger partial charge is 0.232 e. The summed E-state index contributed by atoms with van der Waals surface area (Å²) in [6, 6.07) is 9.40. The lowest BCUT2D eigenvalue weighted by atomic mass is 10.4. The molecule has 0 spiro atoms. The van der Waals surface area contributed by atoms with Crippen molar-refractivity contribution in [2.24, 2.45) is 0 Å². The van der Waals surface area contributed by atoms with E-state index in [4.69, 9.17) is 4.52 Å². The summed E-state index contributed by atoms with van der Waals surface area (Å²) >= 11 is 3.30. The van der Waals surface area contributed by atoms with Crippen LogP contribution in [0.2, 0.25) is 0 Å². The van der Waals surface area contributed by atoms with Crippen molar-refractivity contribution in [3.8, 4) is 0 Å². The molecule has 78 valence electrons. The predicted molar refractivity (Wildman–Crippen MR) is 64.0 cm³/mol. The Bertz CT molecular complexity index is 303. The second-order valence-corrected chi connectivity index (χ2v) is 6.20. The van der Waals surface area contributed by atoms with Gasteiger partial charge in [-0.15, -0.1) is 0 Å². The minimum atomic E-state index is -2.62. The summed E-state index contributed by atoms with van der Waals surface area (Å²) in [5.74, 6) is 0.